The predicted octanol–water partition coefficient (Wildman–Crippen LogP) is 3.41. The third kappa shape index (κ3) is 3.60. The van der Waals surface area contributed by atoms with Crippen molar-refractivity contribution in [3.05, 3.63) is 36.0 Å². The first-order valence-electron chi connectivity index (χ1n) is 6.63. The Kier molecular flexibility index (Phi) is 4.76. The zero-order valence-electron chi connectivity index (χ0n) is 12.0. The first-order valence-corrected chi connectivity index (χ1v) is 6.63. The normalized spacial score (nSPS) is 10.2. The highest BCUT2D eigenvalue weighted by Gasteiger charge is 2.07. The summed E-state index contributed by atoms with van der Waals surface area (Å²) in [4.78, 5) is 8.66. The zero-order chi connectivity index (χ0) is 14.4. The van der Waals surface area contributed by atoms with Gasteiger partial charge in [0.05, 0.1) is 7.11 Å². The molecule has 0 aliphatic heterocycles. The summed E-state index contributed by atoms with van der Waals surface area (Å²) in [6.45, 7) is 4.83. The molecule has 0 fully saturated rings. The molecule has 2 rings (SSSR count). The molecule has 2 aromatic rings. The van der Waals surface area contributed by atoms with Crippen LogP contribution in [0.5, 0.6) is 17.4 Å². The number of para-hydroxylation sites is 2. The highest BCUT2D eigenvalue weighted by molar-refractivity contribution is 5.42. The fraction of sp³-hybridized carbons (Fsp3) is 0.333. The fourth-order valence-corrected chi connectivity index (χ4v) is 1.72. The van der Waals surface area contributed by atoms with Crippen molar-refractivity contribution in [1.82, 2.24) is 9.97 Å². The number of nitrogens with zero attached hydrogens (tertiary/aromatic N) is 2. The Morgan fingerprint density at radius 2 is 1.90 bits per heavy atom. The summed E-state index contributed by atoms with van der Waals surface area (Å²) in [5.74, 6) is 2.39. The van der Waals surface area contributed by atoms with Gasteiger partial charge in [-0.2, -0.15) is 4.98 Å². The molecule has 0 spiro atoms. The summed E-state index contributed by atoms with van der Waals surface area (Å²) in [6, 6.07) is 9.27. The smallest absolute Gasteiger partial charge is 0.226 e. The lowest BCUT2D eigenvalue weighted by Crippen LogP contribution is -2.05. The Morgan fingerprint density at radius 1 is 1.15 bits per heavy atom. The minimum absolute atomic E-state index is 0.501. The van der Waals surface area contributed by atoms with Gasteiger partial charge in [0.25, 0.3) is 0 Å². The first kappa shape index (κ1) is 14.1. The van der Waals surface area contributed by atoms with Gasteiger partial charge in [-0.3, -0.25) is 0 Å². The van der Waals surface area contributed by atoms with Gasteiger partial charge in [-0.25, -0.2) is 4.98 Å². The molecule has 0 saturated carbocycles. The number of benzene rings is 1. The van der Waals surface area contributed by atoms with Crippen LogP contribution in [0.4, 0.5) is 5.95 Å². The number of hydrogen-bond acceptors (Lipinski definition) is 5. The lowest BCUT2D eigenvalue weighted by Gasteiger charge is -2.11. The van der Waals surface area contributed by atoms with Crippen LogP contribution in [0.25, 0.3) is 0 Å². The molecule has 106 valence electrons. The van der Waals surface area contributed by atoms with Gasteiger partial charge < -0.3 is 14.8 Å². The standard InChI is InChI=1S/C15H19N3O2/c1-4-9-16-15-17-11(2)10-14(18-15)20-13-8-6-5-7-12(13)19-3/h5-8,10H,4,9H2,1-3H3,(H,16,17,18). The molecule has 0 saturated heterocycles. The number of aromatic nitrogens is 2. The second-order valence-electron chi connectivity index (χ2n) is 4.35. The van der Waals surface area contributed by atoms with Gasteiger partial charge in [0, 0.05) is 18.3 Å². The van der Waals surface area contributed by atoms with Gasteiger partial charge in [0.1, 0.15) is 0 Å². The number of nitrogens with one attached hydrogen (secondary N) is 1. The number of anilines is 1. The minimum Gasteiger partial charge on any atom is -0.493 e. The van der Waals surface area contributed by atoms with Crippen molar-refractivity contribution < 1.29 is 9.47 Å². The molecule has 0 atom stereocenters. The van der Waals surface area contributed by atoms with E-state index in [1.807, 2.05) is 31.2 Å². The van der Waals surface area contributed by atoms with Gasteiger partial charge in [0.15, 0.2) is 11.5 Å². The SMILES string of the molecule is CCCNc1nc(C)cc(Oc2ccccc2OC)n1. The monoisotopic (exact) mass is 273 g/mol. The van der Waals surface area contributed by atoms with E-state index in [9.17, 15) is 0 Å². The molecule has 0 aliphatic rings. The lowest BCUT2D eigenvalue weighted by molar-refractivity contribution is 0.374. The Balaban J connectivity index is 2.22. The number of ether oxygens (including phenoxy) is 2. The third-order valence-electron chi connectivity index (χ3n) is 2.65. The molecule has 0 unspecified atom stereocenters. The van der Waals surface area contributed by atoms with E-state index in [2.05, 4.69) is 22.2 Å². The van der Waals surface area contributed by atoms with Crippen LogP contribution in [0.2, 0.25) is 0 Å². The van der Waals surface area contributed by atoms with Crippen LogP contribution in [0.1, 0.15) is 19.0 Å². The van der Waals surface area contributed by atoms with E-state index in [0.717, 1.165) is 18.7 Å². The molecule has 1 N–H and O–H groups in total. The summed E-state index contributed by atoms with van der Waals surface area (Å²) in [7, 11) is 1.61. The van der Waals surface area contributed by atoms with Crippen molar-refractivity contribution in [1.29, 1.82) is 0 Å². The molecule has 0 aliphatic carbocycles. The molecule has 0 radical (unpaired) electrons. The van der Waals surface area contributed by atoms with Gasteiger partial charge in [-0.05, 0) is 25.5 Å². The van der Waals surface area contributed by atoms with Crippen molar-refractivity contribution in [2.75, 3.05) is 19.0 Å². The third-order valence-corrected chi connectivity index (χ3v) is 2.65. The second-order valence-corrected chi connectivity index (χ2v) is 4.35. The van der Waals surface area contributed by atoms with Crippen molar-refractivity contribution in [2.45, 2.75) is 20.3 Å². The van der Waals surface area contributed by atoms with Crippen LogP contribution in [0.3, 0.4) is 0 Å². The van der Waals surface area contributed by atoms with Crippen molar-refractivity contribution >= 4 is 5.95 Å². The van der Waals surface area contributed by atoms with E-state index in [1.54, 1.807) is 13.2 Å². The highest BCUT2D eigenvalue weighted by atomic mass is 16.5. The summed E-state index contributed by atoms with van der Waals surface area (Å²) in [5.41, 5.74) is 0.850. The molecule has 0 bridgehead atoms. The number of hydrogen-bond donors (Lipinski definition) is 1. The van der Waals surface area contributed by atoms with Gasteiger partial charge in [-0.15, -0.1) is 0 Å². The number of methoxy groups -OCH3 is 1. The van der Waals surface area contributed by atoms with Gasteiger partial charge in [-0.1, -0.05) is 19.1 Å². The Hall–Kier alpha value is -2.30. The first-order chi connectivity index (χ1) is 9.72. The van der Waals surface area contributed by atoms with Crippen molar-refractivity contribution in [3.8, 4) is 17.4 Å². The second kappa shape index (κ2) is 6.75. The van der Waals surface area contributed by atoms with Crippen molar-refractivity contribution in [2.24, 2.45) is 0 Å². The molecule has 5 nitrogen and oxygen atoms in total. The number of aryl methyl sites for hydroxylation is 1. The fourth-order valence-electron chi connectivity index (χ4n) is 1.72. The predicted molar refractivity (Wildman–Crippen MR) is 78.6 cm³/mol. The molecular weight excluding hydrogens is 254 g/mol. The Labute approximate surface area is 119 Å². The van der Waals surface area contributed by atoms with E-state index < -0.39 is 0 Å². The lowest BCUT2D eigenvalue weighted by atomic mass is 10.3. The topological polar surface area (TPSA) is 56.3 Å². The quantitative estimate of drug-likeness (QED) is 0.874. The Morgan fingerprint density at radius 3 is 2.60 bits per heavy atom. The molecule has 5 heteroatoms. The van der Waals surface area contributed by atoms with Crippen LogP contribution < -0.4 is 14.8 Å². The van der Waals surface area contributed by atoms with E-state index in [4.69, 9.17) is 9.47 Å². The van der Waals surface area contributed by atoms with Crippen LogP contribution >= 0.6 is 0 Å². The zero-order valence-corrected chi connectivity index (χ0v) is 12.0. The van der Waals surface area contributed by atoms with Crippen LogP contribution in [0, 0.1) is 6.92 Å². The maximum atomic E-state index is 5.79. The highest BCUT2D eigenvalue weighted by Crippen LogP contribution is 2.30. The molecule has 20 heavy (non-hydrogen) atoms. The molecule has 0 amide bonds. The van der Waals surface area contributed by atoms with E-state index in [-0.39, 0.29) is 0 Å². The van der Waals surface area contributed by atoms with Crippen LogP contribution in [0.15, 0.2) is 30.3 Å². The average Bonchev–Trinajstić information content (AvgIpc) is 2.45. The summed E-state index contributed by atoms with van der Waals surface area (Å²) in [5, 5.41) is 3.16. The van der Waals surface area contributed by atoms with E-state index in [1.165, 1.54) is 0 Å². The van der Waals surface area contributed by atoms with E-state index in [0.29, 0.717) is 23.3 Å². The maximum Gasteiger partial charge on any atom is 0.226 e. The summed E-state index contributed by atoms with van der Waals surface area (Å²) >= 11 is 0. The minimum atomic E-state index is 0.501. The largest absolute Gasteiger partial charge is 0.493 e. The summed E-state index contributed by atoms with van der Waals surface area (Å²) < 4.78 is 11.0. The van der Waals surface area contributed by atoms with E-state index >= 15 is 0 Å². The van der Waals surface area contributed by atoms with Crippen LogP contribution in [-0.4, -0.2) is 23.6 Å². The molecule has 1 aromatic heterocycles. The van der Waals surface area contributed by atoms with Gasteiger partial charge >= 0.3 is 0 Å². The van der Waals surface area contributed by atoms with Crippen molar-refractivity contribution in [3.63, 3.8) is 0 Å². The number of rotatable bonds is 6. The molecule has 1 aromatic carbocycles. The Bertz CT molecular complexity index is 573. The average molecular weight is 273 g/mol. The molecule has 1 heterocycles. The molecular formula is C15H19N3O2. The summed E-state index contributed by atoms with van der Waals surface area (Å²) in [6.07, 6.45) is 1.01. The van der Waals surface area contributed by atoms with Gasteiger partial charge in [0.2, 0.25) is 11.8 Å². The van der Waals surface area contributed by atoms with Crippen LogP contribution in [-0.2, 0) is 0 Å². The maximum absolute atomic E-state index is 5.79.